The third kappa shape index (κ3) is 3.04. The lowest BCUT2D eigenvalue weighted by Crippen LogP contribution is -2.15. The fraction of sp³-hybridized carbons (Fsp3) is 0.455. The maximum atomic E-state index is 11.3. The Morgan fingerprint density at radius 1 is 1.43 bits per heavy atom. The highest BCUT2D eigenvalue weighted by Gasteiger charge is 2.24. The molecule has 1 atom stereocenters. The van der Waals surface area contributed by atoms with Crippen molar-refractivity contribution in [2.24, 2.45) is 7.05 Å². The number of aromatic nitrogens is 5. The van der Waals surface area contributed by atoms with E-state index in [4.69, 9.17) is 0 Å². The normalized spacial score (nSPS) is 12.0. The number of nitro groups is 1. The summed E-state index contributed by atoms with van der Waals surface area (Å²) in [6, 6.07) is -0.291. The highest BCUT2D eigenvalue weighted by atomic mass is 16.6. The van der Waals surface area contributed by atoms with Crippen LogP contribution in [-0.2, 0) is 7.05 Å². The molecule has 0 fully saturated rings. The van der Waals surface area contributed by atoms with Gasteiger partial charge in [-0.05, 0) is 13.8 Å². The van der Waals surface area contributed by atoms with Crippen molar-refractivity contribution in [3.63, 3.8) is 0 Å². The van der Waals surface area contributed by atoms with Gasteiger partial charge < -0.3 is 15.2 Å². The highest BCUT2D eigenvalue weighted by Crippen LogP contribution is 2.30. The maximum absolute atomic E-state index is 11.3. The number of nitrogens with one attached hydrogen (secondary N) is 2. The first-order valence-corrected chi connectivity index (χ1v) is 6.38. The Labute approximate surface area is 120 Å². The van der Waals surface area contributed by atoms with Crippen LogP contribution in [0.25, 0.3) is 0 Å². The first-order chi connectivity index (χ1) is 10.0. The second-order valence-electron chi connectivity index (χ2n) is 4.37. The van der Waals surface area contributed by atoms with E-state index in [0.29, 0.717) is 12.4 Å². The summed E-state index contributed by atoms with van der Waals surface area (Å²) >= 11 is 0. The van der Waals surface area contributed by atoms with Crippen LogP contribution in [0.1, 0.15) is 25.7 Å². The minimum atomic E-state index is -0.510. The van der Waals surface area contributed by atoms with Gasteiger partial charge in [-0.3, -0.25) is 10.1 Å². The average molecular weight is 292 g/mol. The lowest BCUT2D eigenvalue weighted by atomic mass is 10.3. The second kappa shape index (κ2) is 6.11. The molecule has 2 aromatic heterocycles. The smallest absolute Gasteiger partial charge is 0.353 e. The van der Waals surface area contributed by atoms with Crippen LogP contribution in [0.15, 0.2) is 12.7 Å². The molecule has 0 aliphatic heterocycles. The Balaban J connectivity index is 2.33. The van der Waals surface area contributed by atoms with Gasteiger partial charge in [0.2, 0.25) is 11.6 Å². The van der Waals surface area contributed by atoms with Crippen molar-refractivity contribution in [1.29, 1.82) is 0 Å². The number of nitrogens with zero attached hydrogens (tertiary/aromatic N) is 6. The largest absolute Gasteiger partial charge is 0.364 e. The number of rotatable bonds is 6. The third-order valence-electron chi connectivity index (χ3n) is 2.84. The van der Waals surface area contributed by atoms with E-state index >= 15 is 0 Å². The molecule has 2 heterocycles. The van der Waals surface area contributed by atoms with Crippen molar-refractivity contribution in [2.75, 3.05) is 17.2 Å². The highest BCUT2D eigenvalue weighted by molar-refractivity contribution is 5.69. The van der Waals surface area contributed by atoms with Crippen molar-refractivity contribution in [3.8, 4) is 0 Å². The molecule has 0 bridgehead atoms. The van der Waals surface area contributed by atoms with E-state index in [1.54, 1.807) is 17.9 Å². The van der Waals surface area contributed by atoms with Crippen LogP contribution in [0, 0.1) is 10.1 Å². The van der Waals surface area contributed by atoms with Gasteiger partial charge in [0.25, 0.3) is 0 Å². The minimum Gasteiger partial charge on any atom is -0.364 e. The van der Waals surface area contributed by atoms with Gasteiger partial charge >= 0.3 is 5.69 Å². The Morgan fingerprint density at radius 3 is 2.71 bits per heavy atom. The molecule has 10 nitrogen and oxygen atoms in total. The predicted octanol–water partition coefficient (Wildman–Crippen LogP) is 1.12. The molecule has 0 spiro atoms. The standard InChI is InChI=1S/C11H16N8O2/c1-4-12-9-8(19(20)21)10(14-5-13-9)16-7(2)11-17-15-6-18(11)3/h5-7H,4H2,1-3H3,(H2,12,13,14,16). The third-order valence-corrected chi connectivity index (χ3v) is 2.84. The molecule has 0 saturated heterocycles. The summed E-state index contributed by atoms with van der Waals surface area (Å²) < 4.78 is 1.73. The zero-order chi connectivity index (χ0) is 15.4. The Hall–Kier alpha value is -2.78. The van der Waals surface area contributed by atoms with E-state index in [1.807, 2.05) is 13.8 Å². The molecule has 21 heavy (non-hydrogen) atoms. The molecule has 2 N–H and O–H groups in total. The molecular weight excluding hydrogens is 276 g/mol. The summed E-state index contributed by atoms with van der Waals surface area (Å²) in [7, 11) is 1.80. The lowest BCUT2D eigenvalue weighted by molar-refractivity contribution is -0.383. The van der Waals surface area contributed by atoms with Crippen LogP contribution < -0.4 is 10.6 Å². The molecule has 2 rings (SSSR count). The minimum absolute atomic E-state index is 0.140. The summed E-state index contributed by atoms with van der Waals surface area (Å²) in [6.07, 6.45) is 2.84. The maximum Gasteiger partial charge on any atom is 0.353 e. The summed E-state index contributed by atoms with van der Waals surface area (Å²) in [5.41, 5.74) is -0.187. The fourth-order valence-electron chi connectivity index (χ4n) is 1.91. The van der Waals surface area contributed by atoms with E-state index in [0.717, 1.165) is 0 Å². The number of anilines is 2. The lowest BCUT2D eigenvalue weighted by Gasteiger charge is -2.14. The van der Waals surface area contributed by atoms with E-state index in [-0.39, 0.29) is 23.4 Å². The molecule has 112 valence electrons. The second-order valence-corrected chi connectivity index (χ2v) is 4.37. The molecule has 0 aromatic carbocycles. The zero-order valence-corrected chi connectivity index (χ0v) is 11.9. The molecule has 0 saturated carbocycles. The molecule has 2 aromatic rings. The van der Waals surface area contributed by atoms with E-state index in [2.05, 4.69) is 30.8 Å². The molecule has 0 radical (unpaired) electrons. The van der Waals surface area contributed by atoms with Gasteiger partial charge in [-0.1, -0.05) is 0 Å². The first-order valence-electron chi connectivity index (χ1n) is 6.38. The number of hydrogen-bond donors (Lipinski definition) is 2. The van der Waals surface area contributed by atoms with Gasteiger partial charge in [0.15, 0.2) is 5.82 Å². The topological polar surface area (TPSA) is 124 Å². The van der Waals surface area contributed by atoms with Crippen LogP contribution in [0.5, 0.6) is 0 Å². The summed E-state index contributed by atoms with van der Waals surface area (Å²) in [5.74, 6) is 0.972. The van der Waals surface area contributed by atoms with Gasteiger partial charge in [-0.15, -0.1) is 10.2 Å². The van der Waals surface area contributed by atoms with E-state index in [9.17, 15) is 10.1 Å². The Kier molecular flexibility index (Phi) is 4.26. The van der Waals surface area contributed by atoms with Crippen molar-refractivity contribution in [3.05, 3.63) is 28.6 Å². The van der Waals surface area contributed by atoms with Crippen LogP contribution >= 0.6 is 0 Å². The Bertz CT molecular complexity index is 641. The molecule has 0 amide bonds. The zero-order valence-electron chi connectivity index (χ0n) is 11.9. The number of hydrogen-bond acceptors (Lipinski definition) is 8. The van der Waals surface area contributed by atoms with Crippen molar-refractivity contribution in [2.45, 2.75) is 19.9 Å². The average Bonchev–Trinajstić information content (AvgIpc) is 2.85. The monoisotopic (exact) mass is 292 g/mol. The summed E-state index contributed by atoms with van der Waals surface area (Å²) in [6.45, 7) is 4.18. The SMILES string of the molecule is CCNc1ncnc(NC(C)c2nncn2C)c1[N+](=O)[O-]. The van der Waals surface area contributed by atoms with Crippen molar-refractivity contribution >= 4 is 17.3 Å². The van der Waals surface area contributed by atoms with Crippen LogP contribution in [0.2, 0.25) is 0 Å². The van der Waals surface area contributed by atoms with E-state index < -0.39 is 4.92 Å². The molecular formula is C11H16N8O2. The van der Waals surface area contributed by atoms with Gasteiger partial charge in [0.1, 0.15) is 12.7 Å². The van der Waals surface area contributed by atoms with Crippen molar-refractivity contribution in [1.82, 2.24) is 24.7 Å². The molecule has 0 aliphatic carbocycles. The Morgan fingerprint density at radius 2 is 2.14 bits per heavy atom. The van der Waals surface area contributed by atoms with Crippen LogP contribution in [-0.4, -0.2) is 36.2 Å². The van der Waals surface area contributed by atoms with E-state index in [1.165, 1.54) is 6.33 Å². The van der Waals surface area contributed by atoms with Gasteiger partial charge in [0.05, 0.1) is 11.0 Å². The predicted molar refractivity (Wildman–Crippen MR) is 75.9 cm³/mol. The summed E-state index contributed by atoms with van der Waals surface area (Å²) in [4.78, 5) is 18.6. The quantitative estimate of drug-likeness (QED) is 0.599. The first kappa shape index (κ1) is 14.6. The molecule has 1 unspecified atom stereocenters. The molecule has 0 aliphatic rings. The summed E-state index contributed by atoms with van der Waals surface area (Å²) in [5, 5.41) is 24.8. The van der Waals surface area contributed by atoms with Crippen molar-refractivity contribution < 1.29 is 4.92 Å². The van der Waals surface area contributed by atoms with Gasteiger partial charge in [-0.2, -0.15) is 0 Å². The van der Waals surface area contributed by atoms with Crippen LogP contribution in [0.3, 0.4) is 0 Å². The molecule has 10 heteroatoms. The van der Waals surface area contributed by atoms with Crippen LogP contribution in [0.4, 0.5) is 17.3 Å². The van der Waals surface area contributed by atoms with Gasteiger partial charge in [-0.25, -0.2) is 9.97 Å². The van der Waals surface area contributed by atoms with Gasteiger partial charge in [0, 0.05) is 13.6 Å². The fourth-order valence-corrected chi connectivity index (χ4v) is 1.91. The number of aryl methyl sites for hydroxylation is 1.